The third-order valence-electron chi connectivity index (χ3n) is 4.24. The molecule has 1 aliphatic rings. The summed E-state index contributed by atoms with van der Waals surface area (Å²) in [4.78, 5) is 6.53. The average Bonchev–Trinajstić information content (AvgIpc) is 2.52. The van der Waals surface area contributed by atoms with Crippen LogP contribution in [0, 0.1) is 5.82 Å². The number of pyridine rings is 1. The Kier molecular flexibility index (Phi) is 4.59. The highest BCUT2D eigenvalue weighted by Gasteiger charge is 2.39. The normalized spacial score (nSPS) is 25.3. The molecule has 122 valence electrons. The van der Waals surface area contributed by atoms with E-state index in [9.17, 15) is 9.50 Å². The zero-order chi connectivity index (χ0) is 16.3. The summed E-state index contributed by atoms with van der Waals surface area (Å²) in [5.74, 6) is 0.0956. The molecular formula is C18H21FN2O2. The van der Waals surface area contributed by atoms with Crippen LogP contribution in [0.25, 0.3) is 0 Å². The number of aliphatic hydroxyl groups is 1. The summed E-state index contributed by atoms with van der Waals surface area (Å²) in [6.07, 6.45) is 1.96. The van der Waals surface area contributed by atoms with Gasteiger partial charge in [-0.3, -0.25) is 9.88 Å². The van der Waals surface area contributed by atoms with Gasteiger partial charge in [0.05, 0.1) is 5.69 Å². The number of benzene rings is 1. The summed E-state index contributed by atoms with van der Waals surface area (Å²) in [7, 11) is 0. The number of halogens is 1. The van der Waals surface area contributed by atoms with Crippen molar-refractivity contribution in [2.24, 2.45) is 0 Å². The maximum atomic E-state index is 13.3. The van der Waals surface area contributed by atoms with Crippen LogP contribution in [0.1, 0.15) is 19.0 Å². The van der Waals surface area contributed by atoms with Crippen LogP contribution in [-0.2, 0) is 6.54 Å². The zero-order valence-corrected chi connectivity index (χ0v) is 13.2. The zero-order valence-electron chi connectivity index (χ0n) is 13.2. The molecule has 1 N–H and O–H groups in total. The highest BCUT2D eigenvalue weighted by molar-refractivity contribution is 5.23. The largest absolute Gasteiger partial charge is 0.486 e. The Balaban J connectivity index is 1.69. The predicted octanol–water partition coefficient (Wildman–Crippen LogP) is 2.63. The maximum Gasteiger partial charge on any atom is 0.140 e. The summed E-state index contributed by atoms with van der Waals surface area (Å²) in [6, 6.07) is 11.9. The molecule has 3 rings (SSSR count). The van der Waals surface area contributed by atoms with Crippen molar-refractivity contribution in [1.82, 2.24) is 9.88 Å². The van der Waals surface area contributed by atoms with Crippen molar-refractivity contribution in [3.8, 4) is 5.75 Å². The highest BCUT2D eigenvalue weighted by atomic mass is 19.1. The topological polar surface area (TPSA) is 45.6 Å². The molecule has 23 heavy (non-hydrogen) atoms. The Bertz CT molecular complexity index is 648. The van der Waals surface area contributed by atoms with E-state index in [0.29, 0.717) is 25.3 Å². The molecule has 0 spiro atoms. The van der Waals surface area contributed by atoms with Crippen LogP contribution in [0.4, 0.5) is 4.39 Å². The monoisotopic (exact) mass is 316 g/mol. The van der Waals surface area contributed by atoms with E-state index in [-0.39, 0.29) is 5.82 Å². The van der Waals surface area contributed by atoms with Crippen LogP contribution in [0.2, 0.25) is 0 Å². The van der Waals surface area contributed by atoms with E-state index in [1.54, 1.807) is 25.3 Å². The molecule has 1 aliphatic heterocycles. The number of hydrogen-bond donors (Lipinski definition) is 1. The summed E-state index contributed by atoms with van der Waals surface area (Å²) in [5, 5.41) is 10.6. The lowest BCUT2D eigenvalue weighted by atomic mass is 9.90. The highest BCUT2D eigenvalue weighted by Crippen LogP contribution is 2.27. The quantitative estimate of drug-likeness (QED) is 0.942. The summed E-state index contributed by atoms with van der Waals surface area (Å²) in [5.41, 5.74) is 0.0472. The average molecular weight is 316 g/mol. The van der Waals surface area contributed by atoms with Crippen molar-refractivity contribution < 1.29 is 14.2 Å². The molecule has 2 heterocycles. The number of ether oxygens (including phenoxy) is 1. The minimum Gasteiger partial charge on any atom is -0.486 e. The first-order valence-electron chi connectivity index (χ1n) is 7.80. The summed E-state index contributed by atoms with van der Waals surface area (Å²) >= 11 is 0. The van der Waals surface area contributed by atoms with Crippen molar-refractivity contribution in [3.05, 3.63) is 60.2 Å². The van der Waals surface area contributed by atoms with Gasteiger partial charge in [0, 0.05) is 31.9 Å². The first kappa shape index (κ1) is 15.9. The van der Waals surface area contributed by atoms with Crippen LogP contribution in [0.3, 0.4) is 0 Å². The lowest BCUT2D eigenvalue weighted by Gasteiger charge is -2.42. The number of likely N-dealkylation sites (tertiary alicyclic amines) is 1. The molecule has 2 aromatic rings. The van der Waals surface area contributed by atoms with Crippen LogP contribution in [0.15, 0.2) is 48.7 Å². The molecule has 0 unspecified atom stereocenters. The second-order valence-electron chi connectivity index (χ2n) is 6.23. The van der Waals surface area contributed by atoms with Crippen molar-refractivity contribution in [3.63, 3.8) is 0 Å². The summed E-state index contributed by atoms with van der Waals surface area (Å²) < 4.78 is 19.2. The second-order valence-corrected chi connectivity index (χ2v) is 6.23. The van der Waals surface area contributed by atoms with Crippen LogP contribution < -0.4 is 4.74 Å². The van der Waals surface area contributed by atoms with E-state index in [1.165, 1.54) is 12.1 Å². The van der Waals surface area contributed by atoms with Crippen molar-refractivity contribution in [2.75, 3.05) is 13.1 Å². The fraction of sp³-hybridized carbons (Fsp3) is 0.389. The van der Waals surface area contributed by atoms with E-state index < -0.39 is 11.7 Å². The fourth-order valence-electron chi connectivity index (χ4n) is 2.80. The Hall–Kier alpha value is -1.98. The molecule has 1 saturated heterocycles. The first-order valence-corrected chi connectivity index (χ1v) is 7.80. The molecule has 4 nitrogen and oxygen atoms in total. The molecule has 0 radical (unpaired) electrons. The van der Waals surface area contributed by atoms with Crippen LogP contribution >= 0.6 is 0 Å². The SMILES string of the molecule is C[C@]1(O)CCN(Cc2ccccn2)C[C@@H]1Oc1cccc(F)c1. The number of piperidine rings is 1. The smallest absolute Gasteiger partial charge is 0.140 e. The number of nitrogens with zero attached hydrogens (tertiary/aromatic N) is 2. The molecule has 0 bridgehead atoms. The minimum atomic E-state index is -0.938. The molecule has 2 atom stereocenters. The van der Waals surface area contributed by atoms with Crippen molar-refractivity contribution in [2.45, 2.75) is 31.6 Å². The van der Waals surface area contributed by atoms with Gasteiger partial charge in [0.2, 0.25) is 0 Å². The molecule has 1 aromatic heterocycles. The van der Waals surface area contributed by atoms with Gasteiger partial charge in [-0.2, -0.15) is 0 Å². The lowest BCUT2D eigenvalue weighted by molar-refractivity contribution is -0.0967. The van der Waals surface area contributed by atoms with Gasteiger partial charge in [0.25, 0.3) is 0 Å². The molecule has 0 aliphatic carbocycles. The maximum absolute atomic E-state index is 13.3. The Morgan fingerprint density at radius 3 is 2.96 bits per heavy atom. The predicted molar refractivity (Wildman–Crippen MR) is 85.6 cm³/mol. The van der Waals surface area contributed by atoms with E-state index in [2.05, 4.69) is 9.88 Å². The second kappa shape index (κ2) is 6.64. The number of hydrogen-bond acceptors (Lipinski definition) is 4. The van der Waals surface area contributed by atoms with Gasteiger partial charge < -0.3 is 9.84 Å². The van der Waals surface area contributed by atoms with E-state index in [0.717, 1.165) is 12.2 Å². The fourth-order valence-corrected chi connectivity index (χ4v) is 2.80. The molecule has 1 fully saturated rings. The summed E-state index contributed by atoms with van der Waals surface area (Å²) in [6.45, 7) is 3.82. The third kappa shape index (κ3) is 4.06. The Morgan fingerprint density at radius 1 is 1.35 bits per heavy atom. The third-order valence-corrected chi connectivity index (χ3v) is 4.24. The van der Waals surface area contributed by atoms with Gasteiger partial charge in [-0.15, -0.1) is 0 Å². The van der Waals surface area contributed by atoms with Crippen LogP contribution in [0.5, 0.6) is 5.75 Å². The first-order chi connectivity index (χ1) is 11.0. The molecule has 5 heteroatoms. The number of aromatic nitrogens is 1. The van der Waals surface area contributed by atoms with Gasteiger partial charge in [0.15, 0.2) is 0 Å². The van der Waals surface area contributed by atoms with Gasteiger partial charge in [-0.25, -0.2) is 4.39 Å². The van der Waals surface area contributed by atoms with E-state index in [4.69, 9.17) is 4.74 Å². The number of rotatable bonds is 4. The lowest BCUT2D eigenvalue weighted by Crippen LogP contribution is -2.56. The van der Waals surface area contributed by atoms with Gasteiger partial charge >= 0.3 is 0 Å². The van der Waals surface area contributed by atoms with E-state index in [1.807, 2.05) is 18.2 Å². The molecule has 0 saturated carbocycles. The van der Waals surface area contributed by atoms with Gasteiger partial charge in [-0.05, 0) is 37.6 Å². The molecule has 1 aromatic carbocycles. The minimum absolute atomic E-state index is 0.344. The molecular weight excluding hydrogens is 295 g/mol. The Labute approximate surface area is 135 Å². The Morgan fingerprint density at radius 2 is 2.22 bits per heavy atom. The van der Waals surface area contributed by atoms with E-state index >= 15 is 0 Å². The van der Waals surface area contributed by atoms with Gasteiger partial charge in [-0.1, -0.05) is 12.1 Å². The van der Waals surface area contributed by atoms with Crippen molar-refractivity contribution >= 4 is 0 Å². The molecule has 0 amide bonds. The van der Waals surface area contributed by atoms with Crippen molar-refractivity contribution in [1.29, 1.82) is 0 Å². The van der Waals surface area contributed by atoms with Gasteiger partial charge in [0.1, 0.15) is 23.3 Å². The standard InChI is InChI=1S/C18H21FN2O2/c1-18(22)8-10-21(12-15-6-2-3-9-20-15)13-17(18)23-16-7-4-5-14(19)11-16/h2-7,9,11,17,22H,8,10,12-13H2,1H3/t17-,18-/m0/s1. The van der Waals surface area contributed by atoms with Crippen LogP contribution in [-0.4, -0.2) is 39.8 Å².